The largest absolute Gasteiger partial charge is 0.493 e. The molecule has 0 unspecified atom stereocenters. The molecule has 1 amide bonds. The predicted molar refractivity (Wildman–Crippen MR) is 98.2 cm³/mol. The number of nitriles is 1. The average Bonchev–Trinajstić information content (AvgIpc) is 2.65. The van der Waals surface area contributed by atoms with Crippen molar-refractivity contribution < 1.29 is 19.1 Å². The summed E-state index contributed by atoms with van der Waals surface area (Å²) >= 11 is 0. The van der Waals surface area contributed by atoms with Crippen LogP contribution in [0.25, 0.3) is 6.08 Å². The Balaban J connectivity index is 2.11. The Kier molecular flexibility index (Phi) is 6.52. The highest BCUT2D eigenvalue weighted by molar-refractivity contribution is 6.07. The minimum absolute atomic E-state index is 0.0799. The summed E-state index contributed by atoms with van der Waals surface area (Å²) in [4.78, 5) is 23.7. The van der Waals surface area contributed by atoms with Gasteiger partial charge in [-0.25, -0.2) is 0 Å². The van der Waals surface area contributed by atoms with Gasteiger partial charge >= 0.3 is 0 Å². The number of ketones is 1. The summed E-state index contributed by atoms with van der Waals surface area (Å²) < 4.78 is 10.5. The van der Waals surface area contributed by atoms with Crippen molar-refractivity contribution in [2.24, 2.45) is 0 Å². The fourth-order valence-corrected chi connectivity index (χ4v) is 2.26. The fourth-order valence-electron chi connectivity index (χ4n) is 2.26. The number of para-hydroxylation sites is 1. The van der Waals surface area contributed by atoms with Crippen molar-refractivity contribution in [1.29, 1.82) is 5.26 Å². The van der Waals surface area contributed by atoms with Gasteiger partial charge in [0.25, 0.3) is 0 Å². The molecule has 2 aromatic rings. The molecule has 0 bridgehead atoms. The van der Waals surface area contributed by atoms with Crippen LogP contribution in [0.15, 0.2) is 48.5 Å². The van der Waals surface area contributed by atoms with Gasteiger partial charge in [0.15, 0.2) is 23.9 Å². The zero-order valence-corrected chi connectivity index (χ0v) is 14.5. The number of Topliss-reactive ketones (excluding diaryl/α,β-unsaturated/α-hetero) is 1. The monoisotopic (exact) mass is 350 g/mol. The Morgan fingerprint density at radius 1 is 1.19 bits per heavy atom. The molecule has 0 saturated carbocycles. The smallest absolute Gasteiger partial charge is 0.248 e. The average molecular weight is 350 g/mol. The quantitative estimate of drug-likeness (QED) is 0.610. The molecule has 1 N–H and O–H groups in total. The molecule has 6 nitrogen and oxygen atoms in total. The lowest BCUT2D eigenvalue weighted by molar-refractivity contribution is -0.111. The Bertz CT molecular complexity index is 882. The molecule has 0 aliphatic heterocycles. The maximum absolute atomic E-state index is 12.1. The van der Waals surface area contributed by atoms with E-state index in [0.29, 0.717) is 22.7 Å². The highest BCUT2D eigenvalue weighted by atomic mass is 16.5. The van der Waals surface area contributed by atoms with Gasteiger partial charge in [-0.1, -0.05) is 18.2 Å². The standard InChI is InChI=1S/C20H18N2O4/c1-14(23)16-5-3-4-6-17(16)22-20(24)10-8-15-7-9-18(26-12-11-21)19(13-15)25-2/h3-10,13H,12H2,1-2H3,(H,22,24)/b10-8+. The summed E-state index contributed by atoms with van der Waals surface area (Å²) in [7, 11) is 1.49. The number of anilines is 1. The minimum atomic E-state index is -0.359. The Morgan fingerprint density at radius 3 is 2.65 bits per heavy atom. The molecule has 0 saturated heterocycles. The lowest BCUT2D eigenvalue weighted by Gasteiger charge is -2.09. The van der Waals surface area contributed by atoms with E-state index < -0.39 is 0 Å². The van der Waals surface area contributed by atoms with Gasteiger partial charge in [0.2, 0.25) is 5.91 Å². The van der Waals surface area contributed by atoms with Crippen LogP contribution in [0.4, 0.5) is 5.69 Å². The van der Waals surface area contributed by atoms with E-state index in [0.717, 1.165) is 5.56 Å². The van der Waals surface area contributed by atoms with E-state index in [2.05, 4.69) is 5.32 Å². The number of benzene rings is 2. The lowest BCUT2D eigenvalue weighted by Crippen LogP contribution is -2.11. The molecule has 0 aromatic heterocycles. The van der Waals surface area contributed by atoms with E-state index >= 15 is 0 Å². The first-order valence-electron chi connectivity index (χ1n) is 7.82. The third kappa shape index (κ3) is 4.95. The number of ether oxygens (including phenoxy) is 2. The number of hydrogen-bond acceptors (Lipinski definition) is 5. The van der Waals surface area contributed by atoms with Gasteiger partial charge in [-0.05, 0) is 42.8 Å². The zero-order valence-electron chi connectivity index (χ0n) is 14.5. The SMILES string of the molecule is COc1cc(/C=C/C(=O)Nc2ccccc2C(C)=O)ccc1OCC#N. The molecule has 0 aliphatic rings. The number of rotatable bonds is 7. The van der Waals surface area contributed by atoms with Crippen molar-refractivity contribution in [1.82, 2.24) is 0 Å². The molecule has 0 heterocycles. The zero-order chi connectivity index (χ0) is 18.9. The molecule has 0 aliphatic carbocycles. The Morgan fingerprint density at radius 2 is 1.96 bits per heavy atom. The Hall–Kier alpha value is -3.59. The third-order valence-electron chi connectivity index (χ3n) is 3.47. The molecule has 2 rings (SSSR count). The van der Waals surface area contributed by atoms with Crippen LogP contribution in [0.3, 0.4) is 0 Å². The molecule has 6 heteroatoms. The molecule has 26 heavy (non-hydrogen) atoms. The molecule has 132 valence electrons. The normalized spacial score (nSPS) is 10.2. The minimum Gasteiger partial charge on any atom is -0.493 e. The summed E-state index contributed by atoms with van der Waals surface area (Å²) in [5.41, 5.74) is 1.64. The second-order valence-corrected chi connectivity index (χ2v) is 5.28. The first-order valence-corrected chi connectivity index (χ1v) is 7.82. The fraction of sp³-hybridized carbons (Fsp3) is 0.150. The van der Waals surface area contributed by atoms with Gasteiger partial charge in [0.1, 0.15) is 6.07 Å². The molecule has 0 spiro atoms. The molecular formula is C20H18N2O4. The highest BCUT2D eigenvalue weighted by Crippen LogP contribution is 2.28. The maximum Gasteiger partial charge on any atom is 0.248 e. The molecule has 0 atom stereocenters. The van der Waals surface area contributed by atoms with Crippen LogP contribution in [-0.4, -0.2) is 25.4 Å². The molecule has 0 fully saturated rings. The number of methoxy groups -OCH3 is 1. The van der Waals surface area contributed by atoms with E-state index in [4.69, 9.17) is 14.7 Å². The van der Waals surface area contributed by atoms with Crippen molar-refractivity contribution in [3.8, 4) is 17.6 Å². The highest BCUT2D eigenvalue weighted by Gasteiger charge is 2.08. The van der Waals surface area contributed by atoms with Crippen LogP contribution in [0.1, 0.15) is 22.8 Å². The van der Waals surface area contributed by atoms with Gasteiger partial charge in [0.05, 0.1) is 12.8 Å². The van der Waals surface area contributed by atoms with Gasteiger partial charge in [-0.2, -0.15) is 5.26 Å². The summed E-state index contributed by atoms with van der Waals surface area (Å²) in [5.74, 6) is 0.431. The van der Waals surface area contributed by atoms with E-state index in [1.165, 1.54) is 20.1 Å². The van der Waals surface area contributed by atoms with Crippen molar-refractivity contribution in [2.75, 3.05) is 19.0 Å². The first-order chi connectivity index (χ1) is 12.5. The van der Waals surface area contributed by atoms with Gasteiger partial charge in [-0.15, -0.1) is 0 Å². The van der Waals surface area contributed by atoms with Gasteiger partial charge in [-0.3, -0.25) is 9.59 Å². The summed E-state index contributed by atoms with van der Waals surface area (Å²) in [5, 5.41) is 11.3. The lowest BCUT2D eigenvalue weighted by atomic mass is 10.1. The molecule has 0 radical (unpaired) electrons. The van der Waals surface area contributed by atoms with Crippen LogP contribution in [0.2, 0.25) is 0 Å². The van der Waals surface area contributed by atoms with E-state index in [1.807, 2.05) is 6.07 Å². The van der Waals surface area contributed by atoms with E-state index in [9.17, 15) is 9.59 Å². The molecular weight excluding hydrogens is 332 g/mol. The van der Waals surface area contributed by atoms with Crippen LogP contribution < -0.4 is 14.8 Å². The number of nitrogens with one attached hydrogen (secondary N) is 1. The molecule has 2 aromatic carbocycles. The Labute approximate surface area is 151 Å². The number of hydrogen-bond donors (Lipinski definition) is 1. The van der Waals surface area contributed by atoms with Crippen LogP contribution >= 0.6 is 0 Å². The second-order valence-electron chi connectivity index (χ2n) is 5.28. The van der Waals surface area contributed by atoms with Gasteiger partial charge < -0.3 is 14.8 Å². The second kappa shape index (κ2) is 9.04. The number of amides is 1. The number of carbonyl (C=O) groups is 2. The van der Waals surface area contributed by atoms with Crippen molar-refractivity contribution in [2.45, 2.75) is 6.92 Å². The van der Waals surface area contributed by atoms with Crippen LogP contribution in [-0.2, 0) is 4.79 Å². The first kappa shape index (κ1) is 18.7. The van der Waals surface area contributed by atoms with Gasteiger partial charge in [0, 0.05) is 11.6 Å². The van der Waals surface area contributed by atoms with Crippen LogP contribution in [0.5, 0.6) is 11.5 Å². The van der Waals surface area contributed by atoms with Crippen LogP contribution in [0, 0.1) is 11.3 Å². The van der Waals surface area contributed by atoms with Crippen molar-refractivity contribution in [3.05, 3.63) is 59.7 Å². The van der Waals surface area contributed by atoms with E-state index in [1.54, 1.807) is 48.5 Å². The maximum atomic E-state index is 12.1. The summed E-state index contributed by atoms with van der Waals surface area (Å²) in [6.07, 6.45) is 2.98. The van der Waals surface area contributed by atoms with Crippen molar-refractivity contribution in [3.63, 3.8) is 0 Å². The topological polar surface area (TPSA) is 88.4 Å². The predicted octanol–water partition coefficient (Wildman–Crippen LogP) is 3.45. The number of carbonyl (C=O) groups excluding carboxylic acids is 2. The number of nitrogens with zero attached hydrogens (tertiary/aromatic N) is 1. The summed E-state index contributed by atoms with van der Waals surface area (Å²) in [6.45, 7) is 1.37. The third-order valence-corrected chi connectivity index (χ3v) is 3.47. The van der Waals surface area contributed by atoms with Crippen molar-refractivity contribution >= 4 is 23.5 Å². The summed E-state index contributed by atoms with van der Waals surface area (Å²) in [6, 6.07) is 13.8. The van der Waals surface area contributed by atoms with E-state index in [-0.39, 0.29) is 18.3 Å².